The minimum Gasteiger partial charge on any atom is -0.406 e. The molecule has 0 aliphatic carbocycles. The van der Waals surface area contributed by atoms with Gasteiger partial charge in [0.15, 0.2) is 5.70 Å². The summed E-state index contributed by atoms with van der Waals surface area (Å²) in [7, 11) is 0. The van der Waals surface area contributed by atoms with E-state index >= 15 is 0 Å². The van der Waals surface area contributed by atoms with E-state index in [1.165, 1.54) is 0 Å². The molecule has 3 nitrogen and oxygen atoms in total. The van der Waals surface area contributed by atoms with E-state index in [0.29, 0.717) is 16.6 Å². The fraction of sp³-hybridized carbons (Fsp3) is 0.286. The standard InChI is InChI=1S/C14H14ClNO2/c1-14(2,3)13-16-11(12(17)18-13)8-9-4-6-10(15)7-5-9/h4-8H,1-3H3. The van der Waals surface area contributed by atoms with Crippen LogP contribution in [0.4, 0.5) is 0 Å². The molecule has 0 radical (unpaired) electrons. The fourth-order valence-corrected chi connectivity index (χ4v) is 1.57. The van der Waals surface area contributed by atoms with E-state index in [1.54, 1.807) is 18.2 Å². The predicted octanol–water partition coefficient (Wildman–Crippen LogP) is 3.68. The molecule has 18 heavy (non-hydrogen) atoms. The Kier molecular flexibility index (Phi) is 3.26. The predicted molar refractivity (Wildman–Crippen MR) is 72.4 cm³/mol. The molecule has 0 amide bonds. The lowest BCUT2D eigenvalue weighted by Crippen LogP contribution is -2.21. The lowest BCUT2D eigenvalue weighted by atomic mass is 9.97. The van der Waals surface area contributed by atoms with Gasteiger partial charge in [0.1, 0.15) is 0 Å². The molecule has 0 atom stereocenters. The number of hydrogen-bond acceptors (Lipinski definition) is 3. The number of aliphatic imine (C=N–C) groups is 1. The Hall–Kier alpha value is -1.61. The van der Waals surface area contributed by atoms with Gasteiger partial charge in [-0.3, -0.25) is 0 Å². The van der Waals surface area contributed by atoms with Crippen molar-refractivity contribution in [2.75, 3.05) is 0 Å². The first-order chi connectivity index (χ1) is 8.36. The van der Waals surface area contributed by atoms with Crippen molar-refractivity contribution < 1.29 is 9.53 Å². The highest BCUT2D eigenvalue weighted by molar-refractivity contribution is 6.30. The smallest absolute Gasteiger partial charge is 0.363 e. The van der Waals surface area contributed by atoms with Gasteiger partial charge in [-0.25, -0.2) is 9.79 Å². The molecule has 0 fully saturated rings. The van der Waals surface area contributed by atoms with Gasteiger partial charge in [0, 0.05) is 10.4 Å². The Morgan fingerprint density at radius 1 is 1.22 bits per heavy atom. The molecule has 1 aromatic rings. The van der Waals surface area contributed by atoms with E-state index in [2.05, 4.69) is 4.99 Å². The van der Waals surface area contributed by atoms with Crippen LogP contribution in [0, 0.1) is 5.41 Å². The first kappa shape index (κ1) is 12.8. The summed E-state index contributed by atoms with van der Waals surface area (Å²) in [6.07, 6.45) is 1.69. The van der Waals surface area contributed by atoms with Gasteiger partial charge in [0.05, 0.1) is 0 Å². The van der Waals surface area contributed by atoms with Crippen molar-refractivity contribution >= 4 is 29.5 Å². The largest absolute Gasteiger partial charge is 0.406 e. The van der Waals surface area contributed by atoms with Crippen LogP contribution < -0.4 is 0 Å². The number of halogens is 1. The van der Waals surface area contributed by atoms with Gasteiger partial charge < -0.3 is 4.74 Å². The number of ether oxygens (including phenoxy) is 1. The summed E-state index contributed by atoms with van der Waals surface area (Å²) in [5.74, 6) is 0.0441. The minimum atomic E-state index is -0.408. The highest BCUT2D eigenvalue weighted by atomic mass is 35.5. The van der Waals surface area contributed by atoms with Crippen molar-refractivity contribution in [1.29, 1.82) is 0 Å². The van der Waals surface area contributed by atoms with Gasteiger partial charge in [-0.1, -0.05) is 44.5 Å². The van der Waals surface area contributed by atoms with E-state index < -0.39 is 5.97 Å². The highest BCUT2D eigenvalue weighted by Crippen LogP contribution is 2.25. The van der Waals surface area contributed by atoms with E-state index in [1.807, 2.05) is 32.9 Å². The van der Waals surface area contributed by atoms with Gasteiger partial charge in [0.25, 0.3) is 0 Å². The van der Waals surface area contributed by atoms with Crippen LogP contribution in [0.25, 0.3) is 6.08 Å². The number of esters is 1. The number of rotatable bonds is 1. The molecule has 2 rings (SSSR count). The number of hydrogen-bond donors (Lipinski definition) is 0. The van der Waals surface area contributed by atoms with Crippen LogP contribution in [0.2, 0.25) is 5.02 Å². The molecule has 1 aliphatic heterocycles. The Balaban J connectivity index is 2.31. The van der Waals surface area contributed by atoms with E-state index in [0.717, 1.165) is 5.56 Å². The molecule has 0 saturated heterocycles. The van der Waals surface area contributed by atoms with Gasteiger partial charge in [0.2, 0.25) is 5.90 Å². The molecule has 0 N–H and O–H groups in total. The Labute approximate surface area is 111 Å². The third-order valence-electron chi connectivity index (χ3n) is 2.44. The maximum atomic E-state index is 11.7. The summed E-state index contributed by atoms with van der Waals surface area (Å²) in [5.41, 5.74) is 0.915. The first-order valence-electron chi connectivity index (χ1n) is 5.65. The maximum Gasteiger partial charge on any atom is 0.363 e. The van der Waals surface area contributed by atoms with Crippen molar-refractivity contribution in [2.45, 2.75) is 20.8 Å². The number of cyclic esters (lactones) is 1. The SMILES string of the molecule is CC(C)(C)C1=NC(=Cc2ccc(Cl)cc2)C(=O)O1. The van der Waals surface area contributed by atoms with E-state index in [4.69, 9.17) is 16.3 Å². The molecule has 0 aromatic heterocycles. The van der Waals surface area contributed by atoms with Crippen LogP contribution in [-0.4, -0.2) is 11.9 Å². The lowest BCUT2D eigenvalue weighted by Gasteiger charge is -2.15. The van der Waals surface area contributed by atoms with E-state index in [-0.39, 0.29) is 5.41 Å². The van der Waals surface area contributed by atoms with Gasteiger partial charge in [-0.15, -0.1) is 0 Å². The first-order valence-corrected chi connectivity index (χ1v) is 6.03. The van der Waals surface area contributed by atoms with Crippen LogP contribution in [0.3, 0.4) is 0 Å². The third kappa shape index (κ3) is 2.79. The van der Waals surface area contributed by atoms with Crippen LogP contribution in [0.15, 0.2) is 35.0 Å². The summed E-state index contributed by atoms with van der Waals surface area (Å²) < 4.78 is 5.15. The second-order valence-electron chi connectivity index (χ2n) is 5.14. The van der Waals surface area contributed by atoms with Crippen molar-refractivity contribution in [3.63, 3.8) is 0 Å². The average molecular weight is 264 g/mol. The van der Waals surface area contributed by atoms with E-state index in [9.17, 15) is 4.79 Å². The molecule has 0 spiro atoms. The molecular weight excluding hydrogens is 250 g/mol. The number of carbonyl (C=O) groups is 1. The van der Waals surface area contributed by atoms with Gasteiger partial charge in [-0.05, 0) is 23.8 Å². The quantitative estimate of drug-likeness (QED) is 0.573. The highest BCUT2D eigenvalue weighted by Gasteiger charge is 2.31. The van der Waals surface area contributed by atoms with Crippen LogP contribution in [-0.2, 0) is 9.53 Å². The molecule has 1 heterocycles. The Bertz CT molecular complexity index is 536. The maximum absolute atomic E-state index is 11.7. The zero-order valence-corrected chi connectivity index (χ0v) is 11.3. The molecule has 0 unspecified atom stereocenters. The minimum absolute atomic E-state index is 0.273. The Morgan fingerprint density at radius 3 is 2.33 bits per heavy atom. The van der Waals surface area contributed by atoms with Crippen LogP contribution in [0.1, 0.15) is 26.3 Å². The summed E-state index contributed by atoms with van der Waals surface area (Å²) in [5, 5.41) is 0.657. The zero-order valence-electron chi connectivity index (χ0n) is 10.5. The van der Waals surface area contributed by atoms with Crippen molar-refractivity contribution in [3.8, 4) is 0 Å². The molecule has 0 saturated carbocycles. The lowest BCUT2D eigenvalue weighted by molar-refractivity contribution is -0.130. The van der Waals surface area contributed by atoms with Gasteiger partial charge in [-0.2, -0.15) is 0 Å². The summed E-state index contributed by atoms with van der Waals surface area (Å²) in [4.78, 5) is 15.9. The summed E-state index contributed by atoms with van der Waals surface area (Å²) >= 11 is 5.80. The second kappa shape index (κ2) is 4.58. The normalized spacial score (nSPS) is 17.9. The Morgan fingerprint density at radius 2 is 1.83 bits per heavy atom. The molecule has 0 bridgehead atoms. The second-order valence-corrected chi connectivity index (χ2v) is 5.57. The molecule has 4 heteroatoms. The van der Waals surface area contributed by atoms with Gasteiger partial charge >= 0.3 is 5.97 Å². The average Bonchev–Trinajstić information content (AvgIpc) is 2.63. The van der Waals surface area contributed by atoms with Crippen molar-refractivity contribution in [1.82, 2.24) is 0 Å². The molecule has 94 valence electrons. The zero-order chi connectivity index (χ0) is 13.3. The third-order valence-corrected chi connectivity index (χ3v) is 2.69. The topological polar surface area (TPSA) is 38.7 Å². The van der Waals surface area contributed by atoms with Crippen LogP contribution in [0.5, 0.6) is 0 Å². The molecule has 1 aromatic carbocycles. The van der Waals surface area contributed by atoms with Crippen molar-refractivity contribution in [3.05, 3.63) is 40.5 Å². The monoisotopic (exact) mass is 263 g/mol. The molecular formula is C14H14ClNO2. The number of nitrogens with zero attached hydrogens (tertiary/aromatic N) is 1. The molecule has 1 aliphatic rings. The van der Waals surface area contributed by atoms with Crippen molar-refractivity contribution in [2.24, 2.45) is 10.4 Å². The summed E-state index contributed by atoms with van der Waals surface area (Å²) in [6, 6.07) is 7.19. The number of carbonyl (C=O) groups excluding carboxylic acids is 1. The van der Waals surface area contributed by atoms with Crippen LogP contribution >= 0.6 is 11.6 Å². The summed E-state index contributed by atoms with van der Waals surface area (Å²) in [6.45, 7) is 5.85. The fourth-order valence-electron chi connectivity index (χ4n) is 1.45. The number of benzene rings is 1.